The molecule has 10 nitrogen and oxygen atoms in total. The minimum absolute atomic E-state index is 0.0988. The molecule has 2 heterocycles. The number of rotatable bonds is 9. The van der Waals surface area contributed by atoms with E-state index < -0.39 is 17.2 Å². The van der Waals surface area contributed by atoms with Gasteiger partial charge >= 0.3 is 5.97 Å². The number of hydrogen-bond donors (Lipinski definition) is 1. The van der Waals surface area contributed by atoms with Gasteiger partial charge in [-0.05, 0) is 43.4 Å². The SMILES string of the molecule is CCCCOC(=O)c1nnc(N=Nc2cc3c(cc2NS(=O)[O-])N(C)C(CC)CC3)s1. The Balaban J connectivity index is 1.83. The molecule has 0 saturated heterocycles. The zero-order valence-electron chi connectivity index (χ0n) is 17.7. The van der Waals surface area contributed by atoms with Crippen molar-refractivity contribution in [3.05, 3.63) is 22.7 Å². The number of aromatic nitrogens is 2. The van der Waals surface area contributed by atoms with Gasteiger partial charge in [-0.25, -0.2) is 4.79 Å². The number of unbranched alkanes of at least 4 members (excludes halogenated alkanes) is 1. The smallest absolute Gasteiger partial charge is 0.369 e. The first-order chi connectivity index (χ1) is 14.9. The molecule has 0 radical (unpaired) electrons. The van der Waals surface area contributed by atoms with Crippen molar-refractivity contribution in [1.82, 2.24) is 10.2 Å². The first-order valence-corrected chi connectivity index (χ1v) is 12.0. The van der Waals surface area contributed by atoms with Crippen LogP contribution in [0.2, 0.25) is 0 Å². The predicted octanol–water partition coefficient (Wildman–Crippen LogP) is 4.28. The molecule has 1 aliphatic rings. The molecule has 3 rings (SSSR count). The number of aryl methyl sites for hydroxylation is 1. The lowest BCUT2D eigenvalue weighted by molar-refractivity contribution is 0.0498. The Morgan fingerprint density at radius 1 is 1.39 bits per heavy atom. The predicted molar refractivity (Wildman–Crippen MR) is 119 cm³/mol. The highest BCUT2D eigenvalue weighted by Crippen LogP contribution is 2.39. The van der Waals surface area contributed by atoms with Crippen molar-refractivity contribution in [1.29, 1.82) is 0 Å². The summed E-state index contributed by atoms with van der Waals surface area (Å²) in [6.45, 7) is 4.47. The molecule has 0 amide bonds. The molecular weight excluding hydrogens is 440 g/mol. The fraction of sp³-hybridized carbons (Fsp3) is 0.526. The quantitative estimate of drug-likeness (QED) is 0.253. The average Bonchev–Trinajstić information content (AvgIpc) is 3.22. The summed E-state index contributed by atoms with van der Waals surface area (Å²) in [6.07, 6.45) is 4.59. The standard InChI is InChI=1S/C19H26N6O4S2/c1-4-6-9-29-18(26)17-21-23-19(30-17)22-20-14-10-12-7-8-13(5-2)25(3)16(12)11-15(14)24-31(27)28/h10-11,13,24H,4-9H2,1-3H3,(H,27,28)/p-1. The molecule has 0 spiro atoms. The molecule has 1 aromatic heterocycles. The number of hydrogen-bond acceptors (Lipinski definition) is 10. The van der Waals surface area contributed by atoms with Gasteiger partial charge in [0.2, 0.25) is 5.01 Å². The van der Waals surface area contributed by atoms with Gasteiger partial charge in [0.05, 0.1) is 12.3 Å². The van der Waals surface area contributed by atoms with Crippen LogP contribution in [-0.4, -0.2) is 44.6 Å². The van der Waals surface area contributed by atoms with Crippen molar-refractivity contribution in [3.8, 4) is 0 Å². The lowest BCUT2D eigenvalue weighted by Gasteiger charge is -2.36. The average molecular weight is 466 g/mol. The molecular formula is C19H25N6O4S2-. The monoisotopic (exact) mass is 465 g/mol. The Labute approximate surface area is 187 Å². The number of fused-ring (bicyclic) bond motifs is 1. The maximum atomic E-state index is 12.0. The first kappa shape index (κ1) is 23.2. The van der Waals surface area contributed by atoms with Gasteiger partial charge in [0.15, 0.2) is 0 Å². The maximum Gasteiger partial charge on any atom is 0.369 e. The van der Waals surface area contributed by atoms with Gasteiger partial charge in [0, 0.05) is 30.0 Å². The Hall–Kier alpha value is -2.44. The lowest BCUT2D eigenvalue weighted by atomic mass is 9.94. The molecule has 0 fully saturated rings. The second kappa shape index (κ2) is 10.7. The summed E-state index contributed by atoms with van der Waals surface area (Å²) in [5.74, 6) is -0.543. The zero-order valence-corrected chi connectivity index (χ0v) is 19.3. The van der Waals surface area contributed by atoms with E-state index >= 15 is 0 Å². The summed E-state index contributed by atoms with van der Waals surface area (Å²) >= 11 is -1.55. The number of carbonyl (C=O) groups excluding carboxylic acids is 1. The Bertz CT molecular complexity index is 980. The van der Waals surface area contributed by atoms with Gasteiger partial charge in [0.25, 0.3) is 5.13 Å². The van der Waals surface area contributed by atoms with E-state index in [-0.39, 0.29) is 10.1 Å². The molecule has 1 N–H and O–H groups in total. The summed E-state index contributed by atoms with van der Waals surface area (Å²) in [4.78, 5) is 14.1. The number of ether oxygens (including phenoxy) is 1. The van der Waals surface area contributed by atoms with E-state index in [0.29, 0.717) is 24.0 Å². The van der Waals surface area contributed by atoms with Gasteiger partial charge < -0.3 is 18.9 Å². The summed E-state index contributed by atoms with van der Waals surface area (Å²) in [5, 5.41) is 16.1. The minimum Gasteiger partial charge on any atom is -0.755 e. The molecule has 2 aromatic rings. The van der Waals surface area contributed by atoms with Crippen LogP contribution in [0.15, 0.2) is 22.4 Å². The fourth-order valence-electron chi connectivity index (χ4n) is 3.40. The molecule has 1 aliphatic heterocycles. The van der Waals surface area contributed by atoms with Crippen LogP contribution in [-0.2, 0) is 22.4 Å². The third-order valence-electron chi connectivity index (χ3n) is 5.10. The molecule has 31 heavy (non-hydrogen) atoms. The van der Waals surface area contributed by atoms with Crippen molar-refractivity contribution >= 4 is 50.8 Å². The van der Waals surface area contributed by atoms with E-state index in [4.69, 9.17) is 4.74 Å². The fourth-order valence-corrected chi connectivity index (χ4v) is 4.30. The van der Waals surface area contributed by atoms with E-state index in [0.717, 1.165) is 54.7 Å². The summed E-state index contributed by atoms with van der Waals surface area (Å²) in [6, 6.07) is 4.01. The molecule has 0 aliphatic carbocycles. The van der Waals surface area contributed by atoms with Gasteiger partial charge in [-0.15, -0.1) is 20.4 Å². The van der Waals surface area contributed by atoms with Crippen LogP contribution in [0.1, 0.15) is 54.9 Å². The molecule has 1 aromatic carbocycles. The highest BCUT2D eigenvalue weighted by atomic mass is 32.2. The zero-order chi connectivity index (χ0) is 22.4. The van der Waals surface area contributed by atoms with Crippen LogP contribution >= 0.6 is 11.3 Å². The largest absolute Gasteiger partial charge is 0.755 e. The van der Waals surface area contributed by atoms with Crippen molar-refractivity contribution in [2.45, 2.75) is 52.0 Å². The second-order valence-electron chi connectivity index (χ2n) is 7.13. The van der Waals surface area contributed by atoms with Crippen molar-refractivity contribution in [3.63, 3.8) is 0 Å². The number of carbonyl (C=O) groups is 1. The summed E-state index contributed by atoms with van der Waals surface area (Å²) in [7, 11) is 2.01. The lowest BCUT2D eigenvalue weighted by Crippen LogP contribution is -2.35. The molecule has 2 unspecified atom stereocenters. The number of nitrogens with one attached hydrogen (secondary N) is 1. The summed E-state index contributed by atoms with van der Waals surface area (Å²) < 4.78 is 30.1. The number of esters is 1. The van der Waals surface area contributed by atoms with Gasteiger partial charge in [0.1, 0.15) is 5.69 Å². The first-order valence-electron chi connectivity index (χ1n) is 10.1. The number of benzene rings is 1. The highest BCUT2D eigenvalue weighted by Gasteiger charge is 2.24. The van der Waals surface area contributed by atoms with E-state index in [1.165, 1.54) is 0 Å². The Morgan fingerprint density at radius 3 is 2.90 bits per heavy atom. The van der Waals surface area contributed by atoms with Crippen molar-refractivity contribution in [2.24, 2.45) is 10.2 Å². The Kier molecular flexibility index (Phi) is 8.04. The van der Waals surface area contributed by atoms with Crippen LogP contribution < -0.4 is 9.62 Å². The molecule has 0 bridgehead atoms. The Morgan fingerprint density at radius 2 is 2.19 bits per heavy atom. The van der Waals surface area contributed by atoms with Gasteiger partial charge in [-0.2, -0.15) is 0 Å². The topological polar surface area (TPSA) is 132 Å². The second-order valence-corrected chi connectivity index (χ2v) is 8.76. The van der Waals surface area contributed by atoms with Crippen LogP contribution in [0.5, 0.6) is 0 Å². The molecule has 12 heteroatoms. The highest BCUT2D eigenvalue weighted by molar-refractivity contribution is 7.80. The van der Waals surface area contributed by atoms with Crippen molar-refractivity contribution in [2.75, 3.05) is 23.3 Å². The minimum atomic E-state index is -2.51. The van der Waals surface area contributed by atoms with E-state index in [1.54, 1.807) is 6.07 Å². The third kappa shape index (κ3) is 5.83. The molecule has 2 atom stereocenters. The van der Waals surface area contributed by atoms with E-state index in [1.807, 2.05) is 20.0 Å². The van der Waals surface area contributed by atoms with Crippen LogP contribution in [0.25, 0.3) is 0 Å². The van der Waals surface area contributed by atoms with E-state index in [9.17, 15) is 13.6 Å². The maximum absolute atomic E-state index is 12.0. The third-order valence-corrected chi connectivity index (χ3v) is 6.27. The molecule has 0 saturated carbocycles. The molecule has 168 valence electrons. The number of nitrogens with zero attached hydrogens (tertiary/aromatic N) is 5. The number of azo groups is 1. The summed E-state index contributed by atoms with van der Waals surface area (Å²) in [5.41, 5.74) is 2.73. The van der Waals surface area contributed by atoms with Crippen LogP contribution in [0.4, 0.5) is 22.2 Å². The van der Waals surface area contributed by atoms with E-state index in [2.05, 4.69) is 37.0 Å². The van der Waals surface area contributed by atoms with Gasteiger partial charge in [-0.3, -0.25) is 4.21 Å². The van der Waals surface area contributed by atoms with Crippen molar-refractivity contribution < 1.29 is 18.3 Å². The number of anilines is 2. The van der Waals surface area contributed by atoms with Crippen LogP contribution in [0, 0.1) is 0 Å². The van der Waals surface area contributed by atoms with Crippen LogP contribution in [0.3, 0.4) is 0 Å². The van der Waals surface area contributed by atoms with Gasteiger partial charge in [-0.1, -0.05) is 31.6 Å². The normalized spacial score (nSPS) is 16.9.